The van der Waals surface area contributed by atoms with Gasteiger partial charge in [-0.15, -0.1) is 0 Å². The molecule has 1 aromatic heterocycles. The van der Waals surface area contributed by atoms with Crippen LogP contribution in [0.15, 0.2) is 48.8 Å². The van der Waals surface area contributed by atoms with Gasteiger partial charge in [-0.25, -0.2) is 4.79 Å². The lowest BCUT2D eigenvalue weighted by molar-refractivity contribution is -0.685. The zero-order valence-corrected chi connectivity index (χ0v) is 12.1. The highest BCUT2D eigenvalue weighted by Gasteiger charge is 2.05. The van der Waals surface area contributed by atoms with Gasteiger partial charge in [-0.3, -0.25) is 0 Å². The zero-order valence-electron chi connectivity index (χ0n) is 10.5. The lowest BCUT2D eigenvalue weighted by Gasteiger charge is -1.95. The van der Waals surface area contributed by atoms with Crippen LogP contribution in [0, 0.1) is 0 Å². The molecule has 0 bridgehead atoms. The van der Waals surface area contributed by atoms with E-state index in [2.05, 4.69) is 0 Å². The highest BCUT2D eigenvalue weighted by molar-refractivity contribution is 6.30. The van der Waals surface area contributed by atoms with E-state index in [-0.39, 0.29) is 19.0 Å². The van der Waals surface area contributed by atoms with Crippen molar-refractivity contribution in [3.05, 3.63) is 64.9 Å². The van der Waals surface area contributed by atoms with Crippen molar-refractivity contribution >= 4 is 29.7 Å². The number of rotatable bonds is 4. The fraction of sp³-hybridized carbons (Fsp3) is 0.0667. The number of nitrogens with zero attached hydrogens (tertiary/aromatic N) is 1. The van der Waals surface area contributed by atoms with Gasteiger partial charge in [0, 0.05) is 17.2 Å². The molecule has 0 aliphatic carbocycles. The molecule has 3 nitrogen and oxygen atoms in total. The van der Waals surface area contributed by atoms with Crippen LogP contribution >= 0.6 is 11.6 Å². The number of hydrogen-bond acceptors (Lipinski definition) is 1. The van der Waals surface area contributed by atoms with Crippen molar-refractivity contribution < 1.29 is 26.9 Å². The third-order valence-electron chi connectivity index (χ3n) is 2.55. The normalized spacial score (nSPS) is 10.2. The first-order valence-electron chi connectivity index (χ1n) is 5.78. The first-order valence-corrected chi connectivity index (χ1v) is 6.16. The third kappa shape index (κ3) is 5.03. The Morgan fingerprint density at radius 3 is 2.40 bits per heavy atom. The van der Waals surface area contributed by atoms with E-state index in [1.165, 1.54) is 0 Å². The Bertz CT molecular complexity index is 610. The standard InChI is InChI=1S/C15H12ClNO2.ClH/c16-14-3-1-2-13(10-14)5-4-12-6-8-17(9-7-12)11-15(18)19;/h1-10H,11H2;1H/b5-4-;. The lowest BCUT2D eigenvalue weighted by Crippen LogP contribution is -3.00. The van der Waals surface area contributed by atoms with Crippen molar-refractivity contribution in [2.24, 2.45) is 0 Å². The maximum atomic E-state index is 10.5. The lowest BCUT2D eigenvalue weighted by atomic mass is 10.1. The zero-order chi connectivity index (χ0) is 13.7. The SMILES string of the molecule is O=C(O)C[n+]1ccc(/C=C\c2cccc(Cl)c2)cc1.[Cl-]. The Morgan fingerprint density at radius 2 is 1.80 bits per heavy atom. The van der Waals surface area contributed by atoms with Crippen molar-refractivity contribution in [1.29, 1.82) is 0 Å². The van der Waals surface area contributed by atoms with Gasteiger partial charge in [-0.05, 0) is 23.3 Å². The monoisotopic (exact) mass is 309 g/mol. The summed E-state index contributed by atoms with van der Waals surface area (Å²) in [6.45, 7) is -0.0295. The molecule has 0 fully saturated rings. The second kappa shape index (κ2) is 7.68. The summed E-state index contributed by atoms with van der Waals surface area (Å²) in [5, 5.41) is 9.37. The van der Waals surface area contributed by atoms with E-state index in [0.29, 0.717) is 5.02 Å². The molecule has 0 atom stereocenters. The predicted octanol–water partition coefficient (Wildman–Crippen LogP) is -0.113. The largest absolute Gasteiger partial charge is 1.00 e. The second-order valence-electron chi connectivity index (χ2n) is 4.09. The highest BCUT2D eigenvalue weighted by Crippen LogP contribution is 2.13. The van der Waals surface area contributed by atoms with Crippen LogP contribution in [0.25, 0.3) is 12.2 Å². The molecule has 0 amide bonds. The van der Waals surface area contributed by atoms with Crippen molar-refractivity contribution in [3.8, 4) is 0 Å². The quantitative estimate of drug-likeness (QED) is 0.801. The number of carboxylic acid groups (broad SMARTS) is 1. The first kappa shape index (κ1) is 16.2. The van der Waals surface area contributed by atoms with Crippen LogP contribution in [0.3, 0.4) is 0 Å². The van der Waals surface area contributed by atoms with Gasteiger partial charge in [-0.2, -0.15) is 4.57 Å². The molecule has 1 aromatic carbocycles. The number of carbonyl (C=O) groups is 1. The fourth-order valence-corrected chi connectivity index (χ4v) is 1.84. The van der Waals surface area contributed by atoms with Gasteiger partial charge in [0.05, 0.1) is 0 Å². The number of benzene rings is 1. The van der Waals surface area contributed by atoms with Gasteiger partial charge >= 0.3 is 5.97 Å². The summed E-state index contributed by atoms with van der Waals surface area (Å²) in [7, 11) is 0. The van der Waals surface area contributed by atoms with Crippen LogP contribution in [0.4, 0.5) is 0 Å². The van der Waals surface area contributed by atoms with E-state index in [9.17, 15) is 4.79 Å². The van der Waals surface area contributed by atoms with Crippen LogP contribution < -0.4 is 17.0 Å². The number of aromatic nitrogens is 1. The molecule has 0 radical (unpaired) electrons. The van der Waals surface area contributed by atoms with Crippen LogP contribution in [-0.2, 0) is 11.3 Å². The van der Waals surface area contributed by atoms with Gasteiger partial charge in [-0.1, -0.05) is 35.9 Å². The molecular formula is C15H13Cl2NO2. The van der Waals surface area contributed by atoms with Crippen molar-refractivity contribution in [1.82, 2.24) is 0 Å². The van der Waals surface area contributed by atoms with Gasteiger partial charge in [0.25, 0.3) is 0 Å². The van der Waals surface area contributed by atoms with Crippen molar-refractivity contribution in [3.63, 3.8) is 0 Å². The smallest absolute Gasteiger partial charge is 0.370 e. The molecule has 0 aliphatic heterocycles. The minimum absolute atomic E-state index is 0. The molecule has 0 spiro atoms. The van der Waals surface area contributed by atoms with E-state index in [1.807, 2.05) is 48.6 Å². The topological polar surface area (TPSA) is 41.2 Å². The Hall–Kier alpha value is -1.84. The summed E-state index contributed by atoms with van der Waals surface area (Å²) >= 11 is 5.90. The predicted molar refractivity (Wildman–Crippen MR) is 74.7 cm³/mol. The number of pyridine rings is 1. The van der Waals surface area contributed by atoms with Gasteiger partial charge in [0.15, 0.2) is 12.4 Å². The summed E-state index contributed by atoms with van der Waals surface area (Å²) < 4.78 is 1.61. The second-order valence-corrected chi connectivity index (χ2v) is 4.52. The van der Waals surface area contributed by atoms with Crippen molar-refractivity contribution in [2.45, 2.75) is 6.54 Å². The Kier molecular flexibility index (Phi) is 6.22. The van der Waals surface area contributed by atoms with Crippen LogP contribution in [0.1, 0.15) is 11.1 Å². The molecule has 20 heavy (non-hydrogen) atoms. The number of carboxylic acids is 1. The summed E-state index contributed by atoms with van der Waals surface area (Å²) in [5.74, 6) is -0.854. The molecule has 1 N–H and O–H groups in total. The molecule has 2 aromatic rings. The summed E-state index contributed by atoms with van der Waals surface area (Å²) in [4.78, 5) is 10.5. The Balaban J connectivity index is 0.00000200. The number of halogens is 2. The molecule has 5 heteroatoms. The average molecular weight is 310 g/mol. The van der Waals surface area contributed by atoms with E-state index >= 15 is 0 Å². The molecule has 0 unspecified atom stereocenters. The van der Waals surface area contributed by atoms with Gasteiger partial charge in [0.2, 0.25) is 6.54 Å². The summed E-state index contributed by atoms with van der Waals surface area (Å²) in [6.07, 6.45) is 7.40. The first-order chi connectivity index (χ1) is 9.13. The van der Waals surface area contributed by atoms with E-state index in [4.69, 9.17) is 16.7 Å². The van der Waals surface area contributed by atoms with Crippen LogP contribution in [-0.4, -0.2) is 11.1 Å². The number of hydrogen-bond donors (Lipinski definition) is 1. The minimum Gasteiger partial charge on any atom is -1.00 e. The molecular weight excluding hydrogens is 297 g/mol. The maximum absolute atomic E-state index is 10.5. The van der Waals surface area contributed by atoms with E-state index < -0.39 is 5.97 Å². The summed E-state index contributed by atoms with van der Waals surface area (Å²) in [5.41, 5.74) is 2.02. The summed E-state index contributed by atoms with van der Waals surface area (Å²) in [6, 6.07) is 11.3. The molecule has 104 valence electrons. The average Bonchev–Trinajstić information content (AvgIpc) is 2.37. The molecule has 0 saturated heterocycles. The number of aliphatic carboxylic acids is 1. The molecule has 1 heterocycles. The van der Waals surface area contributed by atoms with Crippen LogP contribution in [0.5, 0.6) is 0 Å². The van der Waals surface area contributed by atoms with E-state index in [0.717, 1.165) is 11.1 Å². The van der Waals surface area contributed by atoms with E-state index in [1.54, 1.807) is 17.0 Å². The molecule has 2 rings (SSSR count). The van der Waals surface area contributed by atoms with Crippen LogP contribution in [0.2, 0.25) is 5.02 Å². The molecule has 0 saturated carbocycles. The third-order valence-corrected chi connectivity index (χ3v) is 2.79. The van der Waals surface area contributed by atoms with Crippen molar-refractivity contribution in [2.75, 3.05) is 0 Å². The van der Waals surface area contributed by atoms with Gasteiger partial charge < -0.3 is 17.5 Å². The fourth-order valence-electron chi connectivity index (χ4n) is 1.64. The van der Waals surface area contributed by atoms with Gasteiger partial charge in [0.1, 0.15) is 0 Å². The molecule has 0 aliphatic rings. The highest BCUT2D eigenvalue weighted by atomic mass is 35.5. The maximum Gasteiger partial charge on any atom is 0.370 e. The Morgan fingerprint density at radius 1 is 1.15 bits per heavy atom. The minimum atomic E-state index is -0.854. The Labute approximate surface area is 128 Å².